The largest absolute Gasteiger partial charge is 0.493 e. The lowest BCUT2D eigenvalue weighted by atomic mass is 9.94. The lowest BCUT2D eigenvalue weighted by Gasteiger charge is -2.12. The third-order valence-corrected chi connectivity index (χ3v) is 5.28. The molecule has 0 aromatic heterocycles. The first-order valence-electron chi connectivity index (χ1n) is 6.80. The lowest BCUT2D eigenvalue weighted by Crippen LogP contribution is -2.16. The molecule has 1 aromatic rings. The second kappa shape index (κ2) is 4.96. The summed E-state index contributed by atoms with van der Waals surface area (Å²) in [6, 6.07) is 4.23. The fourth-order valence-corrected chi connectivity index (χ4v) is 4.22. The van der Waals surface area contributed by atoms with Crippen LogP contribution < -0.4 is 10.5 Å². The molecule has 3 unspecified atom stereocenters. The fraction of sp³-hybridized carbons (Fsp3) is 0.533. The highest BCUT2D eigenvalue weighted by molar-refractivity contribution is 14.1. The minimum Gasteiger partial charge on any atom is -0.493 e. The minimum absolute atomic E-state index is 0.186. The molecule has 2 aliphatic rings. The number of nitrogens with two attached hydrogens (primary N) is 1. The first-order chi connectivity index (χ1) is 9.08. The summed E-state index contributed by atoms with van der Waals surface area (Å²) in [5.74, 6) is 2.46. The van der Waals surface area contributed by atoms with Crippen LogP contribution in [0, 0.1) is 15.4 Å². The molecule has 1 saturated carbocycles. The number of hydrogen-bond donors (Lipinski definition) is 1. The molecule has 1 fully saturated rings. The first-order valence-corrected chi connectivity index (χ1v) is 7.88. The van der Waals surface area contributed by atoms with Gasteiger partial charge in [0, 0.05) is 22.0 Å². The molecule has 3 rings (SSSR count). The van der Waals surface area contributed by atoms with Gasteiger partial charge in [0.05, 0.1) is 6.61 Å². The van der Waals surface area contributed by atoms with Gasteiger partial charge in [-0.15, -0.1) is 0 Å². The summed E-state index contributed by atoms with van der Waals surface area (Å²) >= 11 is 2.42. The number of amides is 1. The molecule has 1 aliphatic carbocycles. The van der Waals surface area contributed by atoms with Crippen molar-refractivity contribution in [2.75, 3.05) is 6.61 Å². The van der Waals surface area contributed by atoms with E-state index in [0.717, 1.165) is 18.8 Å². The van der Waals surface area contributed by atoms with Gasteiger partial charge in [0.15, 0.2) is 0 Å². The number of primary amides is 1. The van der Waals surface area contributed by atoms with Gasteiger partial charge in [0.25, 0.3) is 0 Å². The average Bonchev–Trinajstić information content (AvgIpc) is 2.97. The van der Waals surface area contributed by atoms with Crippen LogP contribution in [0.2, 0.25) is 0 Å². The van der Waals surface area contributed by atoms with Crippen molar-refractivity contribution in [3.63, 3.8) is 0 Å². The van der Waals surface area contributed by atoms with E-state index in [-0.39, 0.29) is 5.91 Å². The number of hydrogen-bond acceptors (Lipinski definition) is 2. The average molecular weight is 371 g/mol. The third-order valence-electron chi connectivity index (χ3n) is 4.34. The number of benzene rings is 1. The van der Waals surface area contributed by atoms with E-state index in [2.05, 4.69) is 41.6 Å². The zero-order valence-corrected chi connectivity index (χ0v) is 13.1. The summed E-state index contributed by atoms with van der Waals surface area (Å²) in [6.45, 7) is 2.94. The van der Waals surface area contributed by atoms with Crippen LogP contribution in [0.1, 0.15) is 36.8 Å². The standard InChI is InChI=1S/C15H18INO2/c1-8(6-14(17)18)10-7-11(10)15-9-4-5-19-13(9)3-2-12(15)16/h2-3,8,10-11H,4-7H2,1H3,(H2,17,18). The zero-order chi connectivity index (χ0) is 13.6. The lowest BCUT2D eigenvalue weighted by molar-refractivity contribution is -0.118. The van der Waals surface area contributed by atoms with Gasteiger partial charge < -0.3 is 10.5 Å². The summed E-state index contributed by atoms with van der Waals surface area (Å²) in [6.07, 6.45) is 2.71. The Balaban J connectivity index is 1.82. The van der Waals surface area contributed by atoms with E-state index in [1.165, 1.54) is 21.1 Å². The molecule has 0 saturated heterocycles. The quantitative estimate of drug-likeness (QED) is 0.828. The molecular formula is C15H18INO2. The maximum atomic E-state index is 11.0. The first kappa shape index (κ1) is 13.2. The highest BCUT2D eigenvalue weighted by Gasteiger charge is 2.44. The van der Waals surface area contributed by atoms with Crippen molar-refractivity contribution in [3.05, 3.63) is 26.8 Å². The van der Waals surface area contributed by atoms with Crippen molar-refractivity contribution < 1.29 is 9.53 Å². The summed E-state index contributed by atoms with van der Waals surface area (Å²) in [5, 5.41) is 0. The Hall–Kier alpha value is -0.780. The van der Waals surface area contributed by atoms with E-state index in [0.29, 0.717) is 24.2 Å². The molecule has 4 heteroatoms. The highest BCUT2D eigenvalue weighted by atomic mass is 127. The summed E-state index contributed by atoms with van der Waals surface area (Å²) in [4.78, 5) is 11.0. The SMILES string of the molecule is CC(CC(N)=O)C1CC1c1c(I)ccc2c1CCO2. The molecule has 1 aromatic carbocycles. The Labute approximate surface area is 127 Å². The number of ether oxygens (including phenoxy) is 1. The van der Waals surface area contributed by atoms with Gasteiger partial charge in [-0.2, -0.15) is 0 Å². The molecule has 1 aliphatic heterocycles. The number of carbonyl (C=O) groups excluding carboxylic acids is 1. The van der Waals surface area contributed by atoms with E-state index in [4.69, 9.17) is 10.5 Å². The molecule has 3 nitrogen and oxygen atoms in total. The van der Waals surface area contributed by atoms with Crippen molar-refractivity contribution in [1.29, 1.82) is 0 Å². The van der Waals surface area contributed by atoms with E-state index in [1.807, 2.05) is 0 Å². The van der Waals surface area contributed by atoms with Crippen LogP contribution in [0.3, 0.4) is 0 Å². The molecule has 3 atom stereocenters. The van der Waals surface area contributed by atoms with Crippen molar-refractivity contribution in [2.24, 2.45) is 17.6 Å². The van der Waals surface area contributed by atoms with E-state index in [9.17, 15) is 4.79 Å². The van der Waals surface area contributed by atoms with Gasteiger partial charge in [-0.05, 0) is 64.5 Å². The van der Waals surface area contributed by atoms with Crippen LogP contribution in [0.4, 0.5) is 0 Å². The number of fused-ring (bicyclic) bond motifs is 1. The van der Waals surface area contributed by atoms with Gasteiger partial charge in [0.1, 0.15) is 5.75 Å². The van der Waals surface area contributed by atoms with Crippen LogP contribution in [0.25, 0.3) is 0 Å². The second-order valence-electron chi connectivity index (χ2n) is 5.69. The summed E-state index contributed by atoms with van der Waals surface area (Å²) in [7, 11) is 0. The predicted octanol–water partition coefficient (Wildman–Crippen LogP) is 2.84. The van der Waals surface area contributed by atoms with Crippen LogP contribution in [0.5, 0.6) is 5.75 Å². The van der Waals surface area contributed by atoms with Crippen LogP contribution >= 0.6 is 22.6 Å². The topological polar surface area (TPSA) is 52.3 Å². The summed E-state index contributed by atoms with van der Waals surface area (Å²) in [5.41, 5.74) is 8.17. The van der Waals surface area contributed by atoms with Crippen LogP contribution in [-0.4, -0.2) is 12.5 Å². The van der Waals surface area contributed by atoms with Gasteiger partial charge in [-0.3, -0.25) is 4.79 Å². The Bertz CT molecular complexity index is 529. The minimum atomic E-state index is -0.186. The van der Waals surface area contributed by atoms with Crippen molar-refractivity contribution in [1.82, 2.24) is 0 Å². The van der Waals surface area contributed by atoms with Crippen molar-refractivity contribution >= 4 is 28.5 Å². The highest BCUT2D eigenvalue weighted by Crippen LogP contribution is 2.55. The summed E-state index contributed by atoms with van der Waals surface area (Å²) < 4.78 is 6.99. The Kier molecular flexibility index (Phi) is 3.45. The van der Waals surface area contributed by atoms with E-state index in [1.54, 1.807) is 0 Å². The fourth-order valence-electron chi connectivity index (χ4n) is 3.32. The third kappa shape index (κ3) is 2.47. The zero-order valence-electron chi connectivity index (χ0n) is 11.0. The van der Waals surface area contributed by atoms with Crippen molar-refractivity contribution in [3.8, 4) is 5.75 Å². The molecule has 2 N–H and O–H groups in total. The molecule has 102 valence electrons. The maximum absolute atomic E-state index is 11.0. The normalized spacial score (nSPS) is 25.6. The van der Waals surface area contributed by atoms with Gasteiger partial charge in [-0.1, -0.05) is 6.92 Å². The smallest absolute Gasteiger partial charge is 0.217 e. The maximum Gasteiger partial charge on any atom is 0.217 e. The molecule has 0 bridgehead atoms. The Morgan fingerprint density at radius 3 is 3.11 bits per heavy atom. The molecule has 19 heavy (non-hydrogen) atoms. The van der Waals surface area contributed by atoms with Crippen molar-refractivity contribution in [2.45, 2.75) is 32.1 Å². The molecule has 0 spiro atoms. The second-order valence-corrected chi connectivity index (χ2v) is 6.85. The molecule has 1 amide bonds. The predicted molar refractivity (Wildman–Crippen MR) is 82.2 cm³/mol. The Morgan fingerprint density at radius 2 is 2.37 bits per heavy atom. The van der Waals surface area contributed by atoms with E-state index >= 15 is 0 Å². The van der Waals surface area contributed by atoms with Crippen LogP contribution in [-0.2, 0) is 11.2 Å². The monoisotopic (exact) mass is 371 g/mol. The van der Waals surface area contributed by atoms with Gasteiger partial charge in [-0.25, -0.2) is 0 Å². The number of halogens is 1. The number of carbonyl (C=O) groups is 1. The van der Waals surface area contributed by atoms with Gasteiger partial charge >= 0.3 is 0 Å². The number of rotatable bonds is 4. The Morgan fingerprint density at radius 1 is 1.58 bits per heavy atom. The van der Waals surface area contributed by atoms with Crippen LogP contribution in [0.15, 0.2) is 12.1 Å². The van der Waals surface area contributed by atoms with E-state index < -0.39 is 0 Å². The molecule has 0 radical (unpaired) electrons. The molecule has 1 heterocycles. The molecular weight excluding hydrogens is 353 g/mol. The van der Waals surface area contributed by atoms with Gasteiger partial charge in [0.2, 0.25) is 5.91 Å².